The van der Waals surface area contributed by atoms with Gasteiger partial charge < -0.3 is 5.11 Å². The number of nitrogens with two attached hydrogens (primary N) is 1. The van der Waals surface area contributed by atoms with E-state index in [0.717, 1.165) is 6.20 Å². The third kappa shape index (κ3) is 3.08. The van der Waals surface area contributed by atoms with Crippen LogP contribution in [0.1, 0.15) is 11.3 Å². The Morgan fingerprint density at radius 2 is 1.88 bits per heavy atom. The Hall–Kier alpha value is -3.22. The maximum Gasteiger partial charge on any atom is 0.239 e. The third-order valence-electron chi connectivity index (χ3n) is 3.60. The summed E-state index contributed by atoms with van der Waals surface area (Å²) in [4.78, 5) is 3.86. The molecule has 0 bridgehead atoms. The van der Waals surface area contributed by atoms with Crippen molar-refractivity contribution in [2.75, 3.05) is 0 Å². The Morgan fingerprint density at radius 1 is 1.20 bits per heavy atom. The molecule has 126 valence electrons. The van der Waals surface area contributed by atoms with E-state index in [4.69, 9.17) is 10.4 Å². The van der Waals surface area contributed by atoms with Crippen LogP contribution in [0.4, 0.5) is 0 Å². The Balaban J connectivity index is 2.06. The predicted octanol–water partition coefficient (Wildman–Crippen LogP) is 1.47. The highest BCUT2D eigenvalue weighted by molar-refractivity contribution is 7.89. The molecule has 0 aliphatic heterocycles. The van der Waals surface area contributed by atoms with E-state index in [0.29, 0.717) is 22.4 Å². The molecule has 2 aromatic heterocycles. The zero-order chi connectivity index (χ0) is 18.2. The van der Waals surface area contributed by atoms with Gasteiger partial charge in [0.15, 0.2) is 5.82 Å². The summed E-state index contributed by atoms with van der Waals surface area (Å²) in [5.41, 5.74) is 2.26. The molecule has 25 heavy (non-hydrogen) atoms. The fourth-order valence-electron chi connectivity index (χ4n) is 2.39. The largest absolute Gasteiger partial charge is 0.493 e. The first kappa shape index (κ1) is 16.6. The summed E-state index contributed by atoms with van der Waals surface area (Å²) in [5, 5.41) is 28.7. The van der Waals surface area contributed by atoms with E-state index in [1.807, 2.05) is 6.07 Å². The van der Waals surface area contributed by atoms with Crippen molar-refractivity contribution >= 4 is 10.0 Å². The predicted molar refractivity (Wildman–Crippen MR) is 89.3 cm³/mol. The lowest BCUT2D eigenvalue weighted by molar-refractivity contribution is 0.433. The van der Waals surface area contributed by atoms with Crippen molar-refractivity contribution in [3.8, 4) is 28.9 Å². The topological polar surface area (TPSA) is 135 Å². The van der Waals surface area contributed by atoms with Gasteiger partial charge in [-0.2, -0.15) is 15.0 Å². The highest BCUT2D eigenvalue weighted by Gasteiger charge is 2.18. The van der Waals surface area contributed by atoms with E-state index in [9.17, 15) is 13.5 Å². The van der Waals surface area contributed by atoms with Crippen LogP contribution in [0.25, 0.3) is 16.9 Å². The van der Waals surface area contributed by atoms with E-state index < -0.39 is 10.0 Å². The zero-order valence-electron chi connectivity index (χ0n) is 13.1. The number of hydrogen-bond donors (Lipinski definition) is 2. The number of rotatable bonds is 3. The van der Waals surface area contributed by atoms with E-state index in [1.165, 1.54) is 16.8 Å². The van der Waals surface area contributed by atoms with Crippen molar-refractivity contribution in [3.05, 3.63) is 53.9 Å². The number of pyridine rings is 1. The zero-order valence-corrected chi connectivity index (χ0v) is 13.9. The number of aromatic nitrogens is 3. The number of sulfonamides is 1. The quantitative estimate of drug-likeness (QED) is 0.730. The summed E-state index contributed by atoms with van der Waals surface area (Å²) in [6.45, 7) is 1.72. The molecule has 2 heterocycles. The van der Waals surface area contributed by atoms with Gasteiger partial charge in [0.2, 0.25) is 15.9 Å². The van der Waals surface area contributed by atoms with Crippen LogP contribution in [0.15, 0.2) is 47.5 Å². The number of benzene rings is 1. The van der Waals surface area contributed by atoms with Crippen LogP contribution in [-0.2, 0) is 10.0 Å². The maximum atomic E-state index is 11.3. The Morgan fingerprint density at radius 3 is 2.40 bits per heavy atom. The maximum absolute atomic E-state index is 11.3. The Labute approximate surface area is 143 Å². The molecule has 1 aromatic carbocycles. The SMILES string of the molecule is Cc1nn(-c2ccc(S(N)(=O)=O)cn2)c(O)c1-c1ccc(C#N)cc1. The van der Waals surface area contributed by atoms with Crippen molar-refractivity contribution in [1.29, 1.82) is 5.26 Å². The van der Waals surface area contributed by atoms with Gasteiger partial charge in [-0.05, 0) is 36.8 Å². The number of aryl methyl sites for hydroxylation is 1. The molecule has 0 saturated carbocycles. The van der Waals surface area contributed by atoms with Gasteiger partial charge in [-0.1, -0.05) is 12.1 Å². The van der Waals surface area contributed by atoms with E-state index >= 15 is 0 Å². The number of nitrogens with zero attached hydrogens (tertiary/aromatic N) is 4. The van der Waals surface area contributed by atoms with Crippen molar-refractivity contribution < 1.29 is 13.5 Å². The molecule has 3 rings (SSSR count). The molecule has 0 amide bonds. The van der Waals surface area contributed by atoms with Gasteiger partial charge in [-0.15, -0.1) is 0 Å². The molecule has 0 atom stereocenters. The van der Waals surface area contributed by atoms with Crippen LogP contribution >= 0.6 is 0 Å². The third-order valence-corrected chi connectivity index (χ3v) is 4.50. The van der Waals surface area contributed by atoms with Gasteiger partial charge in [-0.25, -0.2) is 18.5 Å². The monoisotopic (exact) mass is 355 g/mol. The highest BCUT2D eigenvalue weighted by atomic mass is 32.2. The van der Waals surface area contributed by atoms with Crippen LogP contribution in [-0.4, -0.2) is 28.3 Å². The van der Waals surface area contributed by atoms with Crippen LogP contribution in [0, 0.1) is 18.3 Å². The van der Waals surface area contributed by atoms with Crippen LogP contribution in [0.3, 0.4) is 0 Å². The molecule has 0 spiro atoms. The van der Waals surface area contributed by atoms with E-state index in [-0.39, 0.29) is 16.6 Å². The number of aromatic hydroxyl groups is 1. The summed E-state index contributed by atoms with van der Waals surface area (Å²) < 4.78 is 23.8. The van der Waals surface area contributed by atoms with Crippen LogP contribution in [0.5, 0.6) is 5.88 Å². The molecule has 0 radical (unpaired) electrons. The van der Waals surface area contributed by atoms with Crippen molar-refractivity contribution in [1.82, 2.24) is 14.8 Å². The summed E-state index contributed by atoms with van der Waals surface area (Å²) >= 11 is 0. The molecular weight excluding hydrogens is 342 g/mol. The second kappa shape index (κ2) is 6.01. The lowest BCUT2D eigenvalue weighted by Gasteiger charge is -2.04. The first-order valence-electron chi connectivity index (χ1n) is 7.09. The smallest absolute Gasteiger partial charge is 0.239 e. The Kier molecular flexibility index (Phi) is 4.00. The second-order valence-corrected chi connectivity index (χ2v) is 6.84. The second-order valence-electron chi connectivity index (χ2n) is 5.28. The van der Waals surface area contributed by atoms with Gasteiger partial charge >= 0.3 is 0 Å². The number of primary sulfonamides is 1. The summed E-state index contributed by atoms with van der Waals surface area (Å²) in [6, 6.07) is 11.4. The van der Waals surface area contributed by atoms with Gasteiger partial charge in [0.05, 0.1) is 22.9 Å². The average molecular weight is 355 g/mol. The fourth-order valence-corrected chi connectivity index (χ4v) is 2.85. The number of hydrogen-bond acceptors (Lipinski definition) is 6. The first-order chi connectivity index (χ1) is 11.8. The molecule has 8 nitrogen and oxygen atoms in total. The van der Waals surface area contributed by atoms with Crippen molar-refractivity contribution in [3.63, 3.8) is 0 Å². The highest BCUT2D eigenvalue weighted by Crippen LogP contribution is 2.33. The van der Waals surface area contributed by atoms with Gasteiger partial charge in [0, 0.05) is 6.20 Å². The first-order valence-corrected chi connectivity index (χ1v) is 8.64. The van der Waals surface area contributed by atoms with Gasteiger partial charge in [-0.3, -0.25) is 0 Å². The minimum absolute atomic E-state index is 0.132. The molecule has 0 saturated heterocycles. The summed E-state index contributed by atoms with van der Waals surface area (Å²) in [7, 11) is -3.85. The average Bonchev–Trinajstić information content (AvgIpc) is 2.89. The molecule has 0 unspecified atom stereocenters. The van der Waals surface area contributed by atoms with Crippen LogP contribution in [0.2, 0.25) is 0 Å². The van der Waals surface area contributed by atoms with Crippen LogP contribution < -0.4 is 5.14 Å². The fraction of sp³-hybridized carbons (Fsp3) is 0.0625. The van der Waals surface area contributed by atoms with Gasteiger partial charge in [0.25, 0.3) is 0 Å². The normalized spacial score (nSPS) is 11.2. The van der Waals surface area contributed by atoms with E-state index in [2.05, 4.69) is 10.1 Å². The molecule has 3 N–H and O–H groups in total. The summed E-state index contributed by atoms with van der Waals surface area (Å²) in [5.74, 6) is 0.103. The summed E-state index contributed by atoms with van der Waals surface area (Å²) in [6.07, 6.45) is 1.10. The molecule has 0 aliphatic rings. The molecular formula is C16H13N5O3S. The Bertz CT molecular complexity index is 1080. The standard InChI is InChI=1S/C16H13N5O3S/c1-10-15(12-4-2-11(8-17)3-5-12)16(22)21(20-10)14-7-6-13(9-19-14)25(18,23)24/h2-7,9,22H,1H3,(H2,18,23,24). The minimum atomic E-state index is -3.85. The van der Waals surface area contributed by atoms with Crippen molar-refractivity contribution in [2.45, 2.75) is 11.8 Å². The van der Waals surface area contributed by atoms with E-state index in [1.54, 1.807) is 31.2 Å². The van der Waals surface area contributed by atoms with Crippen molar-refractivity contribution in [2.24, 2.45) is 5.14 Å². The molecule has 0 aliphatic carbocycles. The van der Waals surface area contributed by atoms with Gasteiger partial charge in [0.1, 0.15) is 4.90 Å². The minimum Gasteiger partial charge on any atom is -0.493 e. The lowest BCUT2D eigenvalue weighted by Crippen LogP contribution is -2.12. The number of nitriles is 1. The lowest BCUT2D eigenvalue weighted by atomic mass is 10.0. The molecule has 9 heteroatoms. The molecule has 3 aromatic rings. The molecule has 0 fully saturated rings.